The molecular weight excluding hydrogens is 304 g/mol. The van der Waals surface area contributed by atoms with Gasteiger partial charge in [-0.05, 0) is 62.2 Å². The molecule has 5 heteroatoms. The zero-order chi connectivity index (χ0) is 17.7. The van der Waals surface area contributed by atoms with E-state index >= 15 is 0 Å². The molecule has 2 aromatic carbocycles. The molecule has 0 aliphatic carbocycles. The van der Waals surface area contributed by atoms with Gasteiger partial charge in [-0.1, -0.05) is 12.1 Å². The van der Waals surface area contributed by atoms with E-state index in [0.29, 0.717) is 16.9 Å². The third kappa shape index (κ3) is 4.78. The van der Waals surface area contributed by atoms with Crippen LogP contribution in [0.1, 0.15) is 34.8 Å². The Balaban J connectivity index is 1.93. The van der Waals surface area contributed by atoms with Crippen molar-refractivity contribution in [2.75, 3.05) is 10.6 Å². The fourth-order valence-electron chi connectivity index (χ4n) is 2.20. The molecule has 0 saturated carbocycles. The van der Waals surface area contributed by atoms with Gasteiger partial charge in [-0.25, -0.2) is 0 Å². The Kier molecular flexibility index (Phi) is 5.47. The largest absolute Gasteiger partial charge is 0.326 e. The van der Waals surface area contributed by atoms with Crippen LogP contribution in [0.25, 0.3) is 0 Å². The first-order chi connectivity index (χ1) is 11.3. The van der Waals surface area contributed by atoms with E-state index in [1.807, 2.05) is 32.0 Å². The second-order valence-electron chi connectivity index (χ2n) is 5.73. The van der Waals surface area contributed by atoms with Crippen LogP contribution in [0.2, 0.25) is 0 Å². The lowest BCUT2D eigenvalue weighted by molar-refractivity contribution is -0.123. The van der Waals surface area contributed by atoms with Crippen LogP contribution in [0.3, 0.4) is 0 Å². The molecule has 2 amide bonds. The van der Waals surface area contributed by atoms with Crippen molar-refractivity contribution in [1.82, 2.24) is 0 Å². The normalized spacial score (nSPS) is 10.1. The summed E-state index contributed by atoms with van der Waals surface area (Å²) in [5.41, 5.74) is 3.80. The summed E-state index contributed by atoms with van der Waals surface area (Å²) in [5.74, 6) is -0.823. The topological polar surface area (TPSA) is 75.3 Å². The molecule has 2 aromatic rings. The zero-order valence-electron chi connectivity index (χ0n) is 14.0. The van der Waals surface area contributed by atoms with Gasteiger partial charge in [-0.3, -0.25) is 14.4 Å². The summed E-state index contributed by atoms with van der Waals surface area (Å²) in [6.45, 7) is 5.31. The number of benzene rings is 2. The third-order valence-electron chi connectivity index (χ3n) is 3.56. The number of amides is 2. The Morgan fingerprint density at radius 1 is 0.875 bits per heavy atom. The molecule has 0 heterocycles. The van der Waals surface area contributed by atoms with Gasteiger partial charge in [0.2, 0.25) is 11.8 Å². The second-order valence-corrected chi connectivity index (χ2v) is 5.73. The average molecular weight is 324 g/mol. The summed E-state index contributed by atoms with van der Waals surface area (Å²) in [5, 5.41) is 5.39. The number of Topliss-reactive ketones (excluding diaryl/α,β-unsaturated/α-hetero) is 1. The Morgan fingerprint density at radius 3 is 2.12 bits per heavy atom. The first-order valence-corrected chi connectivity index (χ1v) is 7.63. The Bertz CT molecular complexity index is 780. The monoisotopic (exact) mass is 324 g/mol. The molecule has 0 aliphatic heterocycles. The van der Waals surface area contributed by atoms with Crippen molar-refractivity contribution in [1.29, 1.82) is 0 Å². The Labute approximate surface area is 141 Å². The van der Waals surface area contributed by atoms with Crippen molar-refractivity contribution in [2.45, 2.75) is 27.2 Å². The lowest BCUT2D eigenvalue weighted by Gasteiger charge is -2.10. The molecule has 124 valence electrons. The minimum absolute atomic E-state index is 0.0409. The molecule has 2 rings (SSSR count). The number of hydrogen-bond donors (Lipinski definition) is 2. The smallest absolute Gasteiger partial charge is 0.233 e. The number of ketones is 1. The van der Waals surface area contributed by atoms with Gasteiger partial charge in [0, 0.05) is 16.9 Å². The van der Waals surface area contributed by atoms with Gasteiger partial charge in [0.05, 0.1) is 0 Å². The predicted octanol–water partition coefficient (Wildman–Crippen LogP) is 3.47. The van der Waals surface area contributed by atoms with Crippen LogP contribution in [0.15, 0.2) is 42.5 Å². The van der Waals surface area contributed by atoms with Crippen LogP contribution in [-0.4, -0.2) is 17.6 Å². The lowest BCUT2D eigenvalue weighted by Crippen LogP contribution is -2.21. The number of carbonyl (C=O) groups excluding carboxylic acids is 3. The molecule has 24 heavy (non-hydrogen) atoms. The fourth-order valence-corrected chi connectivity index (χ4v) is 2.20. The summed E-state index contributed by atoms with van der Waals surface area (Å²) in [6.07, 6.45) is -0.276. The van der Waals surface area contributed by atoms with Crippen molar-refractivity contribution in [3.05, 3.63) is 59.2 Å². The number of rotatable bonds is 5. The predicted molar refractivity (Wildman–Crippen MR) is 94.2 cm³/mol. The molecule has 0 aliphatic rings. The van der Waals surface area contributed by atoms with Gasteiger partial charge >= 0.3 is 0 Å². The number of aryl methyl sites for hydroxylation is 2. The van der Waals surface area contributed by atoms with Crippen molar-refractivity contribution in [2.24, 2.45) is 0 Å². The van der Waals surface area contributed by atoms with Crippen molar-refractivity contribution >= 4 is 29.0 Å². The van der Waals surface area contributed by atoms with E-state index < -0.39 is 5.91 Å². The number of nitrogens with one attached hydrogen (secondary N) is 2. The molecule has 0 bridgehead atoms. The molecule has 0 aromatic heterocycles. The molecule has 2 N–H and O–H groups in total. The Morgan fingerprint density at radius 2 is 1.50 bits per heavy atom. The van der Waals surface area contributed by atoms with E-state index in [-0.39, 0.29) is 18.1 Å². The van der Waals surface area contributed by atoms with Crippen LogP contribution in [0.4, 0.5) is 11.4 Å². The Hall–Kier alpha value is -2.95. The van der Waals surface area contributed by atoms with E-state index in [2.05, 4.69) is 10.6 Å². The molecule has 0 spiro atoms. The summed E-state index contributed by atoms with van der Waals surface area (Å²) in [6, 6.07) is 12.3. The van der Waals surface area contributed by atoms with Crippen LogP contribution < -0.4 is 10.6 Å². The average Bonchev–Trinajstić information content (AvgIpc) is 2.51. The van der Waals surface area contributed by atoms with E-state index in [0.717, 1.165) is 11.1 Å². The molecule has 0 fully saturated rings. The quantitative estimate of drug-likeness (QED) is 0.653. The molecule has 5 nitrogen and oxygen atoms in total. The van der Waals surface area contributed by atoms with Crippen LogP contribution >= 0.6 is 0 Å². The highest BCUT2D eigenvalue weighted by molar-refractivity contribution is 6.08. The third-order valence-corrected chi connectivity index (χ3v) is 3.56. The van der Waals surface area contributed by atoms with Crippen LogP contribution in [-0.2, 0) is 9.59 Å². The van der Waals surface area contributed by atoms with Gasteiger partial charge in [0.25, 0.3) is 0 Å². The van der Waals surface area contributed by atoms with E-state index in [1.165, 1.54) is 6.92 Å². The minimum Gasteiger partial charge on any atom is -0.326 e. The highest BCUT2D eigenvalue weighted by Gasteiger charge is 2.11. The first kappa shape index (κ1) is 17.4. The standard InChI is InChI=1S/C19H20N2O3/c1-12-4-5-13(2)17(10-12)21-19(24)11-18(23)20-16-8-6-15(7-9-16)14(3)22/h4-10H,11H2,1-3H3,(H,20,23)(H,21,24). The maximum atomic E-state index is 12.0. The highest BCUT2D eigenvalue weighted by Crippen LogP contribution is 2.16. The minimum atomic E-state index is -0.409. The van der Waals surface area contributed by atoms with Gasteiger partial charge in [-0.15, -0.1) is 0 Å². The van der Waals surface area contributed by atoms with Crippen molar-refractivity contribution in [3.8, 4) is 0 Å². The molecule has 0 radical (unpaired) electrons. The van der Waals surface area contributed by atoms with Gasteiger partial charge in [0.15, 0.2) is 5.78 Å². The zero-order valence-corrected chi connectivity index (χ0v) is 14.0. The molecule has 0 atom stereocenters. The van der Waals surface area contributed by atoms with Gasteiger partial charge in [0.1, 0.15) is 6.42 Å². The van der Waals surface area contributed by atoms with Gasteiger partial charge < -0.3 is 10.6 Å². The van der Waals surface area contributed by atoms with E-state index in [4.69, 9.17) is 0 Å². The first-order valence-electron chi connectivity index (χ1n) is 7.63. The number of carbonyl (C=O) groups is 3. The fraction of sp³-hybridized carbons (Fsp3) is 0.211. The van der Waals surface area contributed by atoms with Crippen LogP contribution in [0, 0.1) is 13.8 Å². The number of hydrogen-bond acceptors (Lipinski definition) is 3. The van der Waals surface area contributed by atoms with E-state index in [1.54, 1.807) is 24.3 Å². The summed E-state index contributed by atoms with van der Waals surface area (Å²) < 4.78 is 0. The lowest BCUT2D eigenvalue weighted by atomic mass is 10.1. The van der Waals surface area contributed by atoms with Crippen molar-refractivity contribution in [3.63, 3.8) is 0 Å². The SMILES string of the molecule is CC(=O)c1ccc(NC(=O)CC(=O)Nc2cc(C)ccc2C)cc1. The van der Waals surface area contributed by atoms with Gasteiger partial charge in [-0.2, -0.15) is 0 Å². The van der Waals surface area contributed by atoms with E-state index in [9.17, 15) is 14.4 Å². The second kappa shape index (κ2) is 7.55. The number of anilines is 2. The summed E-state index contributed by atoms with van der Waals surface area (Å²) in [7, 11) is 0. The molecular formula is C19H20N2O3. The summed E-state index contributed by atoms with van der Waals surface area (Å²) >= 11 is 0. The molecule has 0 unspecified atom stereocenters. The van der Waals surface area contributed by atoms with Crippen LogP contribution in [0.5, 0.6) is 0 Å². The van der Waals surface area contributed by atoms with Crippen molar-refractivity contribution < 1.29 is 14.4 Å². The highest BCUT2D eigenvalue weighted by atomic mass is 16.2. The maximum absolute atomic E-state index is 12.0. The molecule has 0 saturated heterocycles. The summed E-state index contributed by atoms with van der Waals surface area (Å²) in [4.78, 5) is 35.2. The maximum Gasteiger partial charge on any atom is 0.233 e.